The van der Waals surface area contributed by atoms with Crippen LogP contribution in [0.1, 0.15) is 28.5 Å². The smallest absolute Gasteiger partial charge is 0.418 e. The molecule has 0 aliphatic carbocycles. The first kappa shape index (κ1) is 31.7. The molecule has 4 rings (SSSR count). The molecule has 0 bridgehead atoms. The summed E-state index contributed by atoms with van der Waals surface area (Å²) < 4.78 is 25.0. The molecule has 2 aromatic carbocycles. The summed E-state index contributed by atoms with van der Waals surface area (Å²) in [5.74, 6) is -0.854. The molecule has 4 aromatic rings. The predicted octanol–water partition coefficient (Wildman–Crippen LogP) is 6.49. The Bertz CT molecular complexity index is 1660. The van der Waals surface area contributed by atoms with E-state index in [1.165, 1.54) is 37.1 Å². The van der Waals surface area contributed by atoms with Crippen LogP contribution in [0, 0.1) is 5.41 Å². The minimum absolute atomic E-state index is 0.110. The Morgan fingerprint density at radius 1 is 1.07 bits per heavy atom. The zero-order valence-electron chi connectivity index (χ0n) is 23.6. The van der Waals surface area contributed by atoms with Crippen molar-refractivity contribution in [2.24, 2.45) is 0 Å². The Labute approximate surface area is 258 Å². The molecule has 0 saturated heterocycles. The van der Waals surface area contributed by atoms with Crippen LogP contribution in [0.25, 0.3) is 6.08 Å². The lowest BCUT2D eigenvalue weighted by atomic mass is 10.1. The minimum Gasteiger partial charge on any atom is -0.468 e. The fraction of sp³-hybridized carbons (Fsp3) is 0.133. The molecule has 0 aliphatic heterocycles. The van der Waals surface area contributed by atoms with Gasteiger partial charge in [0, 0.05) is 28.6 Å². The van der Waals surface area contributed by atoms with Gasteiger partial charge in [-0.3, -0.25) is 19.7 Å². The molecule has 222 valence electrons. The number of amides is 1. The molecule has 2 atom stereocenters. The van der Waals surface area contributed by atoms with Crippen LogP contribution >= 0.6 is 30.8 Å². The number of carbonyl (C=O) groups is 2. The van der Waals surface area contributed by atoms with Gasteiger partial charge in [-0.25, -0.2) is 9.65 Å². The summed E-state index contributed by atoms with van der Waals surface area (Å²) in [5, 5.41) is 19.3. The summed E-state index contributed by atoms with van der Waals surface area (Å²) >= 11 is 2.57. The van der Waals surface area contributed by atoms with Gasteiger partial charge >= 0.3 is 13.6 Å². The van der Waals surface area contributed by atoms with Crippen molar-refractivity contribution in [1.29, 1.82) is 5.41 Å². The van der Waals surface area contributed by atoms with E-state index < -0.39 is 19.7 Å². The zero-order valence-corrected chi connectivity index (χ0v) is 26.1. The van der Waals surface area contributed by atoms with E-state index in [4.69, 9.17) is 14.7 Å². The lowest BCUT2D eigenvalue weighted by Crippen LogP contribution is -2.35. The largest absolute Gasteiger partial charge is 0.468 e. The number of rotatable bonds is 13. The molecule has 0 fully saturated rings. The molecule has 43 heavy (non-hydrogen) atoms. The molecule has 0 radical (unpaired) electrons. The van der Waals surface area contributed by atoms with Gasteiger partial charge in [-0.1, -0.05) is 30.0 Å². The average molecular weight is 636 g/mol. The molecule has 0 spiro atoms. The third-order valence-electron chi connectivity index (χ3n) is 5.88. The Balaban J connectivity index is 1.75. The summed E-state index contributed by atoms with van der Waals surface area (Å²) in [6, 6.07) is 20.3. The Hall–Kier alpha value is -4.22. The summed E-state index contributed by atoms with van der Waals surface area (Å²) in [7, 11) is -1.22. The second-order valence-electron chi connectivity index (χ2n) is 8.95. The van der Waals surface area contributed by atoms with E-state index in [-0.39, 0.29) is 11.6 Å². The molecular weight excluding hydrogens is 605 g/mol. The minimum atomic E-state index is -4.03. The maximum Gasteiger partial charge on any atom is 0.418 e. The number of pyridine rings is 1. The predicted molar refractivity (Wildman–Crippen MR) is 171 cm³/mol. The van der Waals surface area contributed by atoms with Crippen molar-refractivity contribution in [2.45, 2.75) is 22.8 Å². The van der Waals surface area contributed by atoms with Crippen molar-refractivity contribution < 1.29 is 23.4 Å². The number of esters is 1. The van der Waals surface area contributed by atoms with Gasteiger partial charge in [0.15, 0.2) is 5.06 Å². The lowest BCUT2D eigenvalue weighted by Gasteiger charge is -2.25. The van der Waals surface area contributed by atoms with Crippen LogP contribution in [0.2, 0.25) is 0 Å². The maximum atomic E-state index is 14.3. The van der Waals surface area contributed by atoms with Crippen LogP contribution in [-0.2, 0) is 14.1 Å². The molecule has 0 saturated carbocycles. The first-order valence-corrected chi connectivity index (χ1v) is 16.3. The highest BCUT2D eigenvalue weighted by Gasteiger charge is 2.32. The average Bonchev–Trinajstić information content (AvgIpc) is 3.52. The number of anilines is 1. The molecule has 4 N–H and O–H groups in total. The van der Waals surface area contributed by atoms with Crippen LogP contribution < -0.4 is 20.0 Å². The third kappa shape index (κ3) is 8.65. The Kier molecular flexibility index (Phi) is 10.9. The van der Waals surface area contributed by atoms with Gasteiger partial charge in [-0.05, 0) is 79.1 Å². The van der Waals surface area contributed by atoms with E-state index in [1.54, 1.807) is 73.2 Å². The second kappa shape index (κ2) is 14.8. The highest BCUT2D eigenvalue weighted by Crippen LogP contribution is 2.47. The first-order valence-electron chi connectivity index (χ1n) is 13.0. The van der Waals surface area contributed by atoms with Gasteiger partial charge < -0.3 is 20.0 Å². The SMILES string of the molecule is CNC(=O)c1ccccc1Sc1ccc(C(=N)/C=C/c2ccccn2)c(NP(=O)(NC(C)C(=O)OC)Oc2cccs2)c1. The number of nitrogens with one attached hydrogen (secondary N) is 4. The topological polar surface area (TPSA) is 142 Å². The Morgan fingerprint density at radius 2 is 1.86 bits per heavy atom. The fourth-order valence-electron chi connectivity index (χ4n) is 3.82. The molecule has 2 aromatic heterocycles. The molecule has 2 unspecified atom stereocenters. The van der Waals surface area contributed by atoms with Crippen LogP contribution in [0.3, 0.4) is 0 Å². The molecule has 10 nitrogen and oxygen atoms in total. The molecule has 0 aliphatic rings. The van der Waals surface area contributed by atoms with Gasteiger partial charge in [-0.2, -0.15) is 0 Å². The van der Waals surface area contributed by atoms with Crippen LogP contribution in [0.15, 0.2) is 100 Å². The number of allylic oxidation sites excluding steroid dienone is 1. The van der Waals surface area contributed by atoms with Crippen molar-refractivity contribution in [2.75, 3.05) is 19.2 Å². The number of nitrogens with zero attached hydrogens (tertiary/aromatic N) is 1. The van der Waals surface area contributed by atoms with Gasteiger partial charge in [0.25, 0.3) is 5.91 Å². The highest BCUT2D eigenvalue weighted by atomic mass is 32.2. The monoisotopic (exact) mass is 635 g/mol. The van der Waals surface area contributed by atoms with E-state index in [9.17, 15) is 14.2 Å². The number of ether oxygens (including phenoxy) is 1. The third-order valence-corrected chi connectivity index (χ3v) is 9.53. The number of aromatic nitrogens is 1. The summed E-state index contributed by atoms with van der Waals surface area (Å²) in [4.78, 5) is 30.4. The Morgan fingerprint density at radius 3 is 2.56 bits per heavy atom. The number of carbonyl (C=O) groups excluding carboxylic acids is 2. The normalized spacial score (nSPS) is 13.1. The number of thiophene rings is 1. The maximum absolute atomic E-state index is 14.3. The first-order chi connectivity index (χ1) is 20.7. The second-order valence-corrected chi connectivity index (χ2v) is 12.7. The van der Waals surface area contributed by atoms with E-state index in [2.05, 4.69) is 20.5 Å². The van der Waals surface area contributed by atoms with E-state index in [1.807, 2.05) is 30.3 Å². The molecule has 13 heteroatoms. The van der Waals surface area contributed by atoms with Crippen molar-refractivity contribution in [3.05, 3.63) is 107 Å². The summed E-state index contributed by atoms with van der Waals surface area (Å²) in [6.45, 7) is 1.51. The van der Waals surface area contributed by atoms with Crippen LogP contribution in [0.4, 0.5) is 5.69 Å². The molecule has 2 heterocycles. The molecule has 1 amide bonds. The number of methoxy groups -OCH3 is 1. The van der Waals surface area contributed by atoms with Crippen molar-refractivity contribution in [1.82, 2.24) is 15.4 Å². The van der Waals surface area contributed by atoms with E-state index >= 15 is 0 Å². The van der Waals surface area contributed by atoms with E-state index in [0.29, 0.717) is 37.4 Å². The van der Waals surface area contributed by atoms with Gasteiger partial charge in [0.05, 0.1) is 29.8 Å². The number of hydrogen-bond donors (Lipinski definition) is 4. The lowest BCUT2D eigenvalue weighted by molar-refractivity contribution is -0.142. The van der Waals surface area contributed by atoms with Gasteiger partial charge in [-0.15, -0.1) is 11.3 Å². The number of benzene rings is 2. The summed E-state index contributed by atoms with van der Waals surface area (Å²) in [5.41, 5.74) is 2.00. The quantitative estimate of drug-likeness (QED) is 0.0737. The standard InChI is InChI=1S/C30H30N5O5PS2/c1-20(30(37)39-3)34-41(38,40-28-12-8-18-42-28)35-26-19-22(43-27-11-5-4-10-24(27)29(36)32-2)14-15-23(26)25(31)16-13-21-9-6-7-17-33-21/h4-20,31H,1-3H3,(H,32,36)(H2,34,35,38)/b16-13+,31-25?. The fourth-order valence-corrected chi connectivity index (χ4v) is 7.33. The zero-order chi connectivity index (χ0) is 30.8. The van der Waals surface area contributed by atoms with Crippen LogP contribution in [-0.4, -0.2) is 42.8 Å². The van der Waals surface area contributed by atoms with Gasteiger partial charge in [0.2, 0.25) is 0 Å². The van der Waals surface area contributed by atoms with E-state index in [0.717, 1.165) is 0 Å². The number of hydrogen-bond acceptors (Lipinski definition) is 9. The molecular formula is C30H30N5O5PS2. The van der Waals surface area contributed by atoms with Crippen molar-refractivity contribution >= 4 is 60.1 Å². The highest BCUT2D eigenvalue weighted by molar-refractivity contribution is 7.99. The van der Waals surface area contributed by atoms with Gasteiger partial charge in [0.1, 0.15) is 6.04 Å². The summed E-state index contributed by atoms with van der Waals surface area (Å²) in [6.07, 6.45) is 4.95. The van der Waals surface area contributed by atoms with Crippen molar-refractivity contribution in [3.63, 3.8) is 0 Å². The van der Waals surface area contributed by atoms with Crippen LogP contribution in [0.5, 0.6) is 5.06 Å². The van der Waals surface area contributed by atoms with Crippen molar-refractivity contribution in [3.8, 4) is 5.06 Å².